The molecule has 1 saturated carbocycles. The lowest BCUT2D eigenvalue weighted by atomic mass is 10.5. The average Bonchev–Trinajstić information content (AvgIpc) is 2.91. The van der Waals surface area contributed by atoms with Crippen LogP contribution in [0, 0.1) is 5.92 Å². The molecule has 0 radical (unpaired) electrons. The number of H-pyrrole nitrogens is 1. The number of ether oxygens (including phenoxy) is 1. The normalized spacial score (nSPS) is 15.8. The zero-order chi connectivity index (χ0) is 9.26. The summed E-state index contributed by atoms with van der Waals surface area (Å²) in [6.07, 6.45) is 3.79. The van der Waals surface area contributed by atoms with Crippen LogP contribution in [-0.4, -0.2) is 16.6 Å². The van der Waals surface area contributed by atoms with Crippen LogP contribution in [-0.2, 0) is 0 Å². The Morgan fingerprint density at radius 2 is 2.46 bits per heavy atom. The lowest BCUT2D eigenvalue weighted by molar-refractivity contribution is 0.285. The molecule has 0 bridgehead atoms. The molecule has 1 N–H and O–H groups in total. The Kier molecular flexibility index (Phi) is 2.35. The van der Waals surface area contributed by atoms with Crippen molar-refractivity contribution >= 4 is 15.9 Å². The van der Waals surface area contributed by atoms with E-state index in [-0.39, 0.29) is 5.56 Å². The molecule has 0 atom stereocenters. The summed E-state index contributed by atoms with van der Waals surface area (Å²) >= 11 is 3.12. The van der Waals surface area contributed by atoms with E-state index in [1.54, 1.807) is 0 Å². The van der Waals surface area contributed by atoms with Gasteiger partial charge in [0.1, 0.15) is 4.47 Å². The van der Waals surface area contributed by atoms with Gasteiger partial charge in [-0.25, -0.2) is 4.98 Å². The highest BCUT2D eigenvalue weighted by Gasteiger charge is 2.22. The Labute approximate surface area is 83.5 Å². The van der Waals surface area contributed by atoms with Crippen molar-refractivity contribution in [3.63, 3.8) is 0 Å². The molecule has 0 amide bonds. The van der Waals surface area contributed by atoms with E-state index in [2.05, 4.69) is 25.9 Å². The van der Waals surface area contributed by atoms with Crippen LogP contribution in [0.2, 0.25) is 0 Å². The predicted octanol–water partition coefficient (Wildman–Crippen LogP) is 1.32. The first-order chi connectivity index (χ1) is 6.27. The number of aromatic nitrogens is 2. The summed E-state index contributed by atoms with van der Waals surface area (Å²) in [4.78, 5) is 17.4. The van der Waals surface area contributed by atoms with Gasteiger partial charge in [-0.05, 0) is 34.7 Å². The molecule has 5 heteroatoms. The maximum absolute atomic E-state index is 11.1. The molecule has 1 aromatic rings. The molecule has 0 saturated heterocycles. The third kappa shape index (κ3) is 2.09. The number of halogens is 1. The fourth-order valence-electron chi connectivity index (χ4n) is 0.949. The van der Waals surface area contributed by atoms with E-state index in [4.69, 9.17) is 4.74 Å². The first kappa shape index (κ1) is 8.74. The van der Waals surface area contributed by atoms with Gasteiger partial charge in [0.15, 0.2) is 0 Å². The summed E-state index contributed by atoms with van der Waals surface area (Å²) < 4.78 is 5.73. The van der Waals surface area contributed by atoms with Gasteiger partial charge in [0.25, 0.3) is 5.56 Å². The molecule has 4 nitrogen and oxygen atoms in total. The van der Waals surface area contributed by atoms with Crippen LogP contribution in [0.3, 0.4) is 0 Å². The van der Waals surface area contributed by atoms with Gasteiger partial charge in [0.05, 0.1) is 12.9 Å². The van der Waals surface area contributed by atoms with Crippen molar-refractivity contribution < 1.29 is 4.74 Å². The van der Waals surface area contributed by atoms with Crippen molar-refractivity contribution in [1.82, 2.24) is 9.97 Å². The minimum atomic E-state index is -0.208. The first-order valence-electron chi connectivity index (χ1n) is 4.13. The van der Waals surface area contributed by atoms with E-state index >= 15 is 0 Å². The van der Waals surface area contributed by atoms with Crippen LogP contribution >= 0.6 is 15.9 Å². The van der Waals surface area contributed by atoms with E-state index in [9.17, 15) is 4.79 Å². The first-order valence-corrected chi connectivity index (χ1v) is 4.92. The average molecular weight is 245 g/mol. The van der Waals surface area contributed by atoms with Gasteiger partial charge in [-0.1, -0.05) is 0 Å². The molecule has 70 valence electrons. The van der Waals surface area contributed by atoms with Crippen molar-refractivity contribution in [3.8, 4) is 5.88 Å². The Morgan fingerprint density at radius 3 is 3.15 bits per heavy atom. The molecule has 0 unspecified atom stereocenters. The number of hydrogen-bond acceptors (Lipinski definition) is 3. The second kappa shape index (κ2) is 3.49. The van der Waals surface area contributed by atoms with Crippen LogP contribution in [0.4, 0.5) is 0 Å². The van der Waals surface area contributed by atoms with E-state index in [1.165, 1.54) is 19.2 Å². The second-order valence-corrected chi connectivity index (χ2v) is 3.90. The maximum Gasteiger partial charge on any atom is 0.268 e. The molecule has 1 aliphatic carbocycles. The fraction of sp³-hybridized carbons (Fsp3) is 0.500. The monoisotopic (exact) mass is 244 g/mol. The number of rotatable bonds is 3. The summed E-state index contributed by atoms with van der Waals surface area (Å²) in [6, 6.07) is 0. The molecule has 1 heterocycles. The van der Waals surface area contributed by atoms with Crippen molar-refractivity contribution in [2.24, 2.45) is 5.92 Å². The number of nitrogens with one attached hydrogen (secondary N) is 1. The van der Waals surface area contributed by atoms with Crippen LogP contribution in [0.5, 0.6) is 5.88 Å². The molecule has 13 heavy (non-hydrogen) atoms. The van der Waals surface area contributed by atoms with E-state index in [0.29, 0.717) is 22.9 Å². The second-order valence-electron chi connectivity index (χ2n) is 3.11. The third-order valence-electron chi connectivity index (χ3n) is 1.92. The highest BCUT2D eigenvalue weighted by molar-refractivity contribution is 9.10. The highest BCUT2D eigenvalue weighted by Crippen LogP contribution is 2.29. The van der Waals surface area contributed by atoms with Crippen LogP contribution in [0.15, 0.2) is 15.6 Å². The predicted molar refractivity (Wildman–Crippen MR) is 50.8 cm³/mol. The van der Waals surface area contributed by atoms with E-state index in [1.807, 2.05) is 0 Å². The smallest absolute Gasteiger partial charge is 0.268 e. The fourth-order valence-corrected chi connectivity index (χ4v) is 1.28. The third-order valence-corrected chi connectivity index (χ3v) is 2.62. The largest absolute Gasteiger partial charge is 0.476 e. The SMILES string of the molecule is O=c1[nH]cnc(OCC2CC2)c1Br. The highest BCUT2D eigenvalue weighted by atomic mass is 79.9. The Balaban J connectivity index is 2.09. The summed E-state index contributed by atoms with van der Waals surface area (Å²) in [6.45, 7) is 0.662. The molecule has 0 aliphatic heterocycles. The summed E-state index contributed by atoms with van der Waals surface area (Å²) in [7, 11) is 0. The Bertz CT molecular complexity index is 359. The Morgan fingerprint density at radius 1 is 1.69 bits per heavy atom. The van der Waals surface area contributed by atoms with Crippen LogP contribution < -0.4 is 10.3 Å². The summed E-state index contributed by atoms with van der Waals surface area (Å²) in [5, 5.41) is 0. The van der Waals surface area contributed by atoms with E-state index in [0.717, 1.165) is 0 Å². The van der Waals surface area contributed by atoms with Gasteiger partial charge in [-0.3, -0.25) is 4.79 Å². The molecular formula is C8H9BrN2O2. The van der Waals surface area contributed by atoms with Crippen LogP contribution in [0.1, 0.15) is 12.8 Å². The number of aromatic amines is 1. The van der Waals surface area contributed by atoms with Crippen molar-refractivity contribution in [2.75, 3.05) is 6.61 Å². The molecule has 0 spiro atoms. The van der Waals surface area contributed by atoms with Gasteiger partial charge >= 0.3 is 0 Å². The Hall–Kier alpha value is -0.840. The van der Waals surface area contributed by atoms with E-state index < -0.39 is 0 Å². The minimum Gasteiger partial charge on any atom is -0.476 e. The summed E-state index contributed by atoms with van der Waals surface area (Å²) in [5.41, 5.74) is -0.208. The van der Waals surface area contributed by atoms with Gasteiger partial charge in [-0.2, -0.15) is 0 Å². The molecule has 1 fully saturated rings. The zero-order valence-electron chi connectivity index (χ0n) is 6.92. The maximum atomic E-state index is 11.1. The standard InChI is InChI=1S/C8H9BrN2O2/c9-6-7(12)10-4-11-8(6)13-3-5-1-2-5/h4-5H,1-3H2,(H,10,11,12). The van der Waals surface area contributed by atoms with Gasteiger partial charge in [0, 0.05) is 0 Å². The van der Waals surface area contributed by atoms with Gasteiger partial charge < -0.3 is 9.72 Å². The zero-order valence-corrected chi connectivity index (χ0v) is 8.50. The topological polar surface area (TPSA) is 55.0 Å². The molecule has 1 aliphatic rings. The molecule has 0 aromatic carbocycles. The van der Waals surface area contributed by atoms with Gasteiger partial charge in [0.2, 0.25) is 5.88 Å². The van der Waals surface area contributed by atoms with Crippen LogP contribution in [0.25, 0.3) is 0 Å². The molecular weight excluding hydrogens is 236 g/mol. The van der Waals surface area contributed by atoms with Crippen molar-refractivity contribution in [2.45, 2.75) is 12.8 Å². The molecule has 1 aromatic heterocycles. The lowest BCUT2D eigenvalue weighted by Crippen LogP contribution is -2.11. The molecule has 2 rings (SSSR count). The van der Waals surface area contributed by atoms with Crippen molar-refractivity contribution in [3.05, 3.63) is 21.2 Å². The van der Waals surface area contributed by atoms with Gasteiger partial charge in [-0.15, -0.1) is 0 Å². The quantitative estimate of drug-likeness (QED) is 0.873. The van der Waals surface area contributed by atoms with Crippen molar-refractivity contribution in [1.29, 1.82) is 0 Å². The summed E-state index contributed by atoms with van der Waals surface area (Å²) in [5.74, 6) is 1.05. The number of hydrogen-bond donors (Lipinski definition) is 1. The lowest BCUT2D eigenvalue weighted by Gasteiger charge is -2.03. The minimum absolute atomic E-state index is 0.208. The number of nitrogens with zero attached hydrogens (tertiary/aromatic N) is 1.